The molecule has 0 heterocycles. The fraction of sp³-hybridized carbons (Fsp3) is 0.300. The first-order valence-electron chi connectivity index (χ1n) is 8.20. The number of carbonyl (C=O) groups excluding carboxylic acids is 2. The lowest BCUT2D eigenvalue weighted by atomic mass is 9.99. The number of rotatable bonds is 7. The minimum absolute atomic E-state index is 0.137. The van der Waals surface area contributed by atoms with Crippen molar-refractivity contribution in [3.63, 3.8) is 0 Å². The van der Waals surface area contributed by atoms with E-state index in [0.717, 1.165) is 11.1 Å². The van der Waals surface area contributed by atoms with E-state index in [1.165, 1.54) is 25.2 Å². The fourth-order valence-electron chi connectivity index (χ4n) is 2.61. The molecule has 0 aliphatic heterocycles. The number of nitrogens with one attached hydrogen (secondary N) is 2. The first-order chi connectivity index (χ1) is 12.0. The molecule has 25 heavy (non-hydrogen) atoms. The van der Waals surface area contributed by atoms with E-state index < -0.39 is 6.04 Å². The van der Waals surface area contributed by atoms with Gasteiger partial charge in [0.15, 0.2) is 0 Å². The van der Waals surface area contributed by atoms with Gasteiger partial charge >= 0.3 is 0 Å². The molecule has 5 nitrogen and oxygen atoms in total. The van der Waals surface area contributed by atoms with E-state index in [0.29, 0.717) is 6.54 Å². The summed E-state index contributed by atoms with van der Waals surface area (Å²) < 4.78 is 4.98. The summed E-state index contributed by atoms with van der Waals surface area (Å²) in [6.45, 7) is 3.99. The SMILES string of the molecule is COC[C@@H](NC(C)=O)C(=O)NCc1ccc(-c2ccccc2C)cc1. The second-order valence-corrected chi connectivity index (χ2v) is 5.94. The van der Waals surface area contributed by atoms with Crippen molar-refractivity contribution in [1.29, 1.82) is 0 Å². The van der Waals surface area contributed by atoms with E-state index in [1.807, 2.05) is 36.4 Å². The quantitative estimate of drug-likeness (QED) is 0.813. The van der Waals surface area contributed by atoms with Crippen LogP contribution in [0.4, 0.5) is 0 Å². The fourth-order valence-corrected chi connectivity index (χ4v) is 2.61. The van der Waals surface area contributed by atoms with Crippen LogP contribution in [0.25, 0.3) is 11.1 Å². The molecular formula is C20H24N2O3. The predicted molar refractivity (Wildman–Crippen MR) is 97.9 cm³/mol. The number of benzene rings is 2. The average Bonchev–Trinajstić information content (AvgIpc) is 2.60. The molecule has 0 saturated carbocycles. The van der Waals surface area contributed by atoms with Crippen LogP contribution in [0.3, 0.4) is 0 Å². The number of hydrogen-bond acceptors (Lipinski definition) is 3. The lowest BCUT2D eigenvalue weighted by Crippen LogP contribution is -2.48. The Morgan fingerprint density at radius 3 is 2.36 bits per heavy atom. The van der Waals surface area contributed by atoms with E-state index in [-0.39, 0.29) is 18.4 Å². The molecular weight excluding hydrogens is 316 g/mol. The Kier molecular flexibility index (Phi) is 6.71. The number of methoxy groups -OCH3 is 1. The Morgan fingerprint density at radius 1 is 1.08 bits per heavy atom. The number of ether oxygens (including phenoxy) is 1. The van der Waals surface area contributed by atoms with Crippen molar-refractivity contribution in [2.75, 3.05) is 13.7 Å². The Morgan fingerprint density at radius 2 is 1.76 bits per heavy atom. The maximum atomic E-state index is 12.2. The van der Waals surface area contributed by atoms with Crippen LogP contribution in [-0.2, 0) is 20.9 Å². The number of aryl methyl sites for hydroxylation is 1. The lowest BCUT2D eigenvalue weighted by molar-refractivity contribution is -0.129. The Labute approximate surface area is 148 Å². The van der Waals surface area contributed by atoms with Crippen molar-refractivity contribution in [1.82, 2.24) is 10.6 Å². The second-order valence-electron chi connectivity index (χ2n) is 5.94. The predicted octanol–water partition coefficient (Wildman–Crippen LogP) is 2.43. The molecule has 1 atom stereocenters. The molecule has 132 valence electrons. The largest absolute Gasteiger partial charge is 0.382 e. The van der Waals surface area contributed by atoms with E-state index in [9.17, 15) is 9.59 Å². The monoisotopic (exact) mass is 340 g/mol. The van der Waals surface area contributed by atoms with Crippen molar-refractivity contribution < 1.29 is 14.3 Å². The van der Waals surface area contributed by atoms with Gasteiger partial charge in [0, 0.05) is 20.6 Å². The van der Waals surface area contributed by atoms with Gasteiger partial charge in [0.25, 0.3) is 0 Å². The summed E-state index contributed by atoms with van der Waals surface area (Å²) in [5, 5.41) is 5.40. The van der Waals surface area contributed by atoms with Crippen LogP contribution in [0, 0.1) is 6.92 Å². The molecule has 2 aromatic carbocycles. The third kappa shape index (κ3) is 5.43. The summed E-state index contributed by atoms with van der Waals surface area (Å²) in [4.78, 5) is 23.3. The van der Waals surface area contributed by atoms with Gasteiger partial charge in [-0.05, 0) is 29.2 Å². The summed E-state index contributed by atoms with van der Waals surface area (Å²) in [6, 6.07) is 15.6. The van der Waals surface area contributed by atoms with Crippen LogP contribution in [0.5, 0.6) is 0 Å². The van der Waals surface area contributed by atoms with Gasteiger partial charge in [0.2, 0.25) is 11.8 Å². The average molecular weight is 340 g/mol. The molecule has 5 heteroatoms. The van der Waals surface area contributed by atoms with E-state index in [2.05, 4.69) is 29.7 Å². The van der Waals surface area contributed by atoms with Crippen LogP contribution in [0.1, 0.15) is 18.1 Å². The van der Waals surface area contributed by atoms with Crippen LogP contribution in [0.2, 0.25) is 0 Å². The zero-order valence-corrected chi connectivity index (χ0v) is 14.8. The molecule has 2 rings (SSSR count). The normalized spacial score (nSPS) is 11.6. The molecule has 0 aliphatic rings. The second kappa shape index (κ2) is 8.99. The van der Waals surface area contributed by atoms with Crippen LogP contribution in [0.15, 0.2) is 48.5 Å². The minimum Gasteiger partial charge on any atom is -0.382 e. The van der Waals surface area contributed by atoms with Gasteiger partial charge in [-0.1, -0.05) is 48.5 Å². The van der Waals surface area contributed by atoms with E-state index in [4.69, 9.17) is 4.74 Å². The number of carbonyl (C=O) groups is 2. The molecule has 0 radical (unpaired) electrons. The summed E-state index contributed by atoms with van der Waals surface area (Å²) in [6.07, 6.45) is 0. The molecule has 2 aromatic rings. The van der Waals surface area contributed by atoms with Crippen molar-refractivity contribution in [2.24, 2.45) is 0 Å². The highest BCUT2D eigenvalue weighted by atomic mass is 16.5. The standard InChI is InChI=1S/C20H24N2O3/c1-14-6-4-5-7-18(14)17-10-8-16(9-11-17)12-21-20(24)19(13-25-3)22-15(2)23/h4-11,19H,12-13H2,1-3H3,(H,21,24)(H,22,23)/t19-/m1/s1. The van der Waals surface area contributed by atoms with Gasteiger partial charge < -0.3 is 15.4 Å². The highest BCUT2D eigenvalue weighted by molar-refractivity contribution is 5.86. The number of hydrogen-bond donors (Lipinski definition) is 2. The topological polar surface area (TPSA) is 67.4 Å². The van der Waals surface area contributed by atoms with Gasteiger partial charge in [0.1, 0.15) is 6.04 Å². The van der Waals surface area contributed by atoms with Gasteiger partial charge in [-0.15, -0.1) is 0 Å². The van der Waals surface area contributed by atoms with Crippen molar-refractivity contribution in [3.8, 4) is 11.1 Å². The highest BCUT2D eigenvalue weighted by Crippen LogP contribution is 2.23. The summed E-state index contributed by atoms with van der Waals surface area (Å²) in [7, 11) is 1.49. The molecule has 2 amide bonds. The number of amides is 2. The maximum absolute atomic E-state index is 12.2. The summed E-state index contributed by atoms with van der Waals surface area (Å²) in [5.74, 6) is -0.528. The van der Waals surface area contributed by atoms with Gasteiger partial charge in [-0.3, -0.25) is 9.59 Å². The molecule has 2 N–H and O–H groups in total. The van der Waals surface area contributed by atoms with Crippen molar-refractivity contribution in [3.05, 3.63) is 59.7 Å². The molecule has 0 unspecified atom stereocenters. The van der Waals surface area contributed by atoms with Gasteiger partial charge in [-0.25, -0.2) is 0 Å². The molecule has 0 fully saturated rings. The van der Waals surface area contributed by atoms with Crippen molar-refractivity contribution >= 4 is 11.8 Å². The third-order valence-corrected chi connectivity index (χ3v) is 3.90. The lowest BCUT2D eigenvalue weighted by Gasteiger charge is -2.16. The van der Waals surface area contributed by atoms with Crippen molar-refractivity contribution in [2.45, 2.75) is 26.4 Å². The highest BCUT2D eigenvalue weighted by Gasteiger charge is 2.18. The molecule has 0 bridgehead atoms. The smallest absolute Gasteiger partial charge is 0.245 e. The Balaban J connectivity index is 1.98. The molecule has 0 saturated heterocycles. The van der Waals surface area contributed by atoms with Crippen LogP contribution >= 0.6 is 0 Å². The van der Waals surface area contributed by atoms with E-state index in [1.54, 1.807) is 0 Å². The summed E-state index contributed by atoms with van der Waals surface area (Å²) in [5.41, 5.74) is 4.55. The van der Waals surface area contributed by atoms with Gasteiger partial charge in [-0.2, -0.15) is 0 Å². The summed E-state index contributed by atoms with van der Waals surface area (Å²) >= 11 is 0. The maximum Gasteiger partial charge on any atom is 0.245 e. The molecule has 0 spiro atoms. The Bertz CT molecular complexity index is 726. The zero-order chi connectivity index (χ0) is 18.2. The van der Waals surface area contributed by atoms with Crippen LogP contribution in [-0.4, -0.2) is 31.6 Å². The first-order valence-corrected chi connectivity index (χ1v) is 8.20. The first kappa shape index (κ1) is 18.7. The molecule has 0 aromatic heterocycles. The minimum atomic E-state index is -0.686. The zero-order valence-electron chi connectivity index (χ0n) is 14.8. The van der Waals surface area contributed by atoms with E-state index >= 15 is 0 Å². The third-order valence-electron chi connectivity index (χ3n) is 3.90. The molecule has 0 aliphatic carbocycles. The van der Waals surface area contributed by atoms with Gasteiger partial charge in [0.05, 0.1) is 6.61 Å². The van der Waals surface area contributed by atoms with Crippen LogP contribution < -0.4 is 10.6 Å². The Hall–Kier alpha value is -2.66.